The van der Waals surface area contributed by atoms with Crippen LogP contribution < -0.4 is 10.6 Å². The first-order valence-electron chi connectivity index (χ1n) is 10.5. The number of benzene rings is 2. The fourth-order valence-corrected chi connectivity index (χ4v) is 4.73. The lowest BCUT2D eigenvalue weighted by Gasteiger charge is -2.52. The fourth-order valence-electron chi connectivity index (χ4n) is 4.73. The summed E-state index contributed by atoms with van der Waals surface area (Å²) in [5.41, 5.74) is 3.43. The number of nitrogens with zero attached hydrogens (tertiary/aromatic N) is 3. The third-order valence-corrected chi connectivity index (χ3v) is 6.28. The van der Waals surface area contributed by atoms with Gasteiger partial charge in [-0.05, 0) is 17.7 Å². The summed E-state index contributed by atoms with van der Waals surface area (Å²) in [5.74, 6) is 1.23. The molecule has 2 aromatic carbocycles. The Morgan fingerprint density at radius 3 is 2.62 bits per heavy atom. The highest BCUT2D eigenvalue weighted by atomic mass is 16.2. The third-order valence-electron chi connectivity index (χ3n) is 6.28. The Hall–Kier alpha value is -2.86. The number of fused-ring (bicyclic) bond motifs is 4. The van der Waals surface area contributed by atoms with Gasteiger partial charge >= 0.3 is 0 Å². The summed E-state index contributed by atoms with van der Waals surface area (Å²) in [4.78, 5) is 21.9. The van der Waals surface area contributed by atoms with Gasteiger partial charge in [0.25, 0.3) is 0 Å². The number of carbonyl (C=O) groups is 1. The van der Waals surface area contributed by atoms with E-state index in [1.165, 1.54) is 11.3 Å². The Bertz CT molecular complexity index is 918. The monoisotopic (exact) mass is 389 g/mol. The normalized spacial score (nSPS) is 19.9. The van der Waals surface area contributed by atoms with Gasteiger partial charge in [0.15, 0.2) is 0 Å². The zero-order valence-electron chi connectivity index (χ0n) is 16.6. The number of likely N-dealkylation sites (tertiary alicyclic amines) is 1. The summed E-state index contributed by atoms with van der Waals surface area (Å²) in [7, 11) is 0. The van der Waals surface area contributed by atoms with E-state index in [0.29, 0.717) is 13.1 Å². The molecule has 1 fully saturated rings. The molecule has 1 saturated heterocycles. The quantitative estimate of drug-likeness (QED) is 0.842. The van der Waals surface area contributed by atoms with E-state index in [0.717, 1.165) is 50.4 Å². The van der Waals surface area contributed by atoms with Gasteiger partial charge in [-0.1, -0.05) is 42.5 Å². The molecule has 0 aliphatic carbocycles. The molecule has 0 unspecified atom stereocenters. The Balaban J connectivity index is 1.20. The number of hydrogen-bond donors (Lipinski definition) is 2. The molecular formula is C23H27N5O. The summed E-state index contributed by atoms with van der Waals surface area (Å²) in [6.07, 6.45) is 1.96. The lowest BCUT2D eigenvalue weighted by atomic mass is 9.90. The maximum atomic E-state index is 12.4. The lowest BCUT2D eigenvalue weighted by molar-refractivity contribution is -0.123. The van der Waals surface area contributed by atoms with Crippen molar-refractivity contribution in [1.29, 1.82) is 0 Å². The van der Waals surface area contributed by atoms with Crippen molar-refractivity contribution in [3.8, 4) is 0 Å². The van der Waals surface area contributed by atoms with Crippen LogP contribution >= 0.6 is 0 Å². The molecule has 5 rings (SSSR count). The van der Waals surface area contributed by atoms with Gasteiger partial charge in [0.1, 0.15) is 11.5 Å². The van der Waals surface area contributed by atoms with Crippen LogP contribution in [0.4, 0.5) is 5.69 Å². The predicted molar refractivity (Wildman–Crippen MR) is 115 cm³/mol. The standard InChI is InChI=1S/C23H27N5O/c29-21(25-16-18-6-2-1-3-7-18)17-27-13-10-23(11-14-27)26-20-9-5-4-8-19(20)22-24-12-15-28(22)23/h1-9,26H,10-17H2,(H,25,29). The minimum Gasteiger partial charge on any atom is -0.362 e. The number of carbonyl (C=O) groups excluding carboxylic acids is 1. The molecule has 29 heavy (non-hydrogen) atoms. The number of amidine groups is 1. The first-order chi connectivity index (χ1) is 14.2. The van der Waals surface area contributed by atoms with Crippen LogP contribution in [-0.4, -0.2) is 59.9 Å². The molecule has 3 heterocycles. The highest BCUT2D eigenvalue weighted by Crippen LogP contribution is 2.39. The molecule has 150 valence electrons. The van der Waals surface area contributed by atoms with Gasteiger partial charge in [0.05, 0.1) is 13.1 Å². The van der Waals surface area contributed by atoms with Crippen LogP contribution in [0.15, 0.2) is 59.6 Å². The molecule has 3 aliphatic rings. The Morgan fingerprint density at radius 1 is 1.03 bits per heavy atom. The van der Waals surface area contributed by atoms with Crippen molar-refractivity contribution in [2.45, 2.75) is 25.0 Å². The molecule has 0 bridgehead atoms. The van der Waals surface area contributed by atoms with E-state index in [1.54, 1.807) is 0 Å². The maximum Gasteiger partial charge on any atom is 0.234 e. The van der Waals surface area contributed by atoms with Crippen molar-refractivity contribution < 1.29 is 4.79 Å². The number of piperidine rings is 1. The number of aliphatic imine (C=N–C) groups is 1. The van der Waals surface area contributed by atoms with Gasteiger partial charge in [0.2, 0.25) is 5.91 Å². The number of rotatable bonds is 4. The number of amides is 1. The number of anilines is 1. The second-order valence-corrected chi connectivity index (χ2v) is 8.10. The molecule has 0 atom stereocenters. The molecular weight excluding hydrogens is 362 g/mol. The second-order valence-electron chi connectivity index (χ2n) is 8.10. The average Bonchev–Trinajstić information content (AvgIpc) is 3.26. The van der Waals surface area contributed by atoms with Crippen molar-refractivity contribution in [3.05, 3.63) is 65.7 Å². The zero-order valence-corrected chi connectivity index (χ0v) is 16.6. The van der Waals surface area contributed by atoms with E-state index in [-0.39, 0.29) is 11.6 Å². The molecule has 1 spiro atoms. The van der Waals surface area contributed by atoms with Crippen molar-refractivity contribution in [2.75, 3.05) is 38.0 Å². The van der Waals surface area contributed by atoms with Crippen LogP contribution in [0, 0.1) is 0 Å². The molecule has 3 aliphatic heterocycles. The van der Waals surface area contributed by atoms with E-state index >= 15 is 0 Å². The Labute approximate surface area is 171 Å². The molecule has 1 amide bonds. The predicted octanol–water partition coefficient (Wildman–Crippen LogP) is 2.28. The highest BCUT2D eigenvalue weighted by molar-refractivity contribution is 6.06. The van der Waals surface area contributed by atoms with Crippen LogP contribution in [0.5, 0.6) is 0 Å². The van der Waals surface area contributed by atoms with Gasteiger partial charge in [0, 0.05) is 50.3 Å². The maximum absolute atomic E-state index is 12.4. The summed E-state index contributed by atoms with van der Waals surface area (Å²) >= 11 is 0. The average molecular weight is 390 g/mol. The fraction of sp³-hybridized carbons (Fsp3) is 0.391. The van der Waals surface area contributed by atoms with E-state index in [2.05, 4.69) is 44.7 Å². The summed E-state index contributed by atoms with van der Waals surface area (Å²) in [6.45, 7) is 4.67. The van der Waals surface area contributed by atoms with Crippen molar-refractivity contribution >= 4 is 17.4 Å². The smallest absolute Gasteiger partial charge is 0.234 e. The zero-order chi connectivity index (χ0) is 19.7. The number of hydrogen-bond acceptors (Lipinski definition) is 5. The first kappa shape index (κ1) is 18.2. The van der Waals surface area contributed by atoms with Gasteiger partial charge in [-0.25, -0.2) is 0 Å². The van der Waals surface area contributed by atoms with Gasteiger partial charge < -0.3 is 15.5 Å². The van der Waals surface area contributed by atoms with E-state index in [4.69, 9.17) is 4.99 Å². The minimum absolute atomic E-state index is 0.0826. The molecule has 2 aromatic rings. The second kappa shape index (κ2) is 7.52. The lowest BCUT2D eigenvalue weighted by Crippen LogP contribution is -2.63. The van der Waals surface area contributed by atoms with Crippen LogP contribution in [0.25, 0.3) is 0 Å². The summed E-state index contributed by atoms with van der Waals surface area (Å²) in [5, 5.41) is 6.86. The topological polar surface area (TPSA) is 60.0 Å². The largest absolute Gasteiger partial charge is 0.362 e. The first-order valence-corrected chi connectivity index (χ1v) is 10.5. The molecule has 6 nitrogen and oxygen atoms in total. The molecule has 6 heteroatoms. The van der Waals surface area contributed by atoms with Crippen LogP contribution in [-0.2, 0) is 11.3 Å². The van der Waals surface area contributed by atoms with Gasteiger partial charge in [-0.3, -0.25) is 14.7 Å². The molecule has 0 saturated carbocycles. The van der Waals surface area contributed by atoms with Crippen LogP contribution in [0.2, 0.25) is 0 Å². The van der Waals surface area contributed by atoms with Gasteiger partial charge in [-0.15, -0.1) is 0 Å². The van der Waals surface area contributed by atoms with Crippen LogP contribution in [0.3, 0.4) is 0 Å². The van der Waals surface area contributed by atoms with E-state index in [9.17, 15) is 4.79 Å². The van der Waals surface area contributed by atoms with Crippen molar-refractivity contribution in [2.24, 2.45) is 4.99 Å². The molecule has 2 N–H and O–H groups in total. The van der Waals surface area contributed by atoms with Crippen molar-refractivity contribution in [3.63, 3.8) is 0 Å². The number of nitrogens with one attached hydrogen (secondary N) is 2. The van der Waals surface area contributed by atoms with Crippen molar-refractivity contribution in [1.82, 2.24) is 15.1 Å². The SMILES string of the molecule is O=C(CN1CCC2(CC1)Nc1ccccc1C1=NCCN12)NCc1ccccc1. The third kappa shape index (κ3) is 3.49. The molecule has 0 aromatic heterocycles. The number of para-hydroxylation sites is 1. The Kier molecular flexibility index (Phi) is 4.72. The highest BCUT2D eigenvalue weighted by Gasteiger charge is 2.46. The summed E-state index contributed by atoms with van der Waals surface area (Å²) < 4.78 is 0. The summed E-state index contributed by atoms with van der Waals surface area (Å²) in [6, 6.07) is 18.5. The Morgan fingerprint density at radius 2 is 1.79 bits per heavy atom. The van der Waals surface area contributed by atoms with E-state index in [1.807, 2.05) is 30.3 Å². The van der Waals surface area contributed by atoms with Gasteiger partial charge in [-0.2, -0.15) is 0 Å². The van der Waals surface area contributed by atoms with Crippen LogP contribution in [0.1, 0.15) is 24.0 Å². The van der Waals surface area contributed by atoms with E-state index < -0.39 is 0 Å². The minimum atomic E-state index is -0.0826. The molecule has 0 radical (unpaired) electrons.